The maximum atomic E-state index is 3.50. The lowest BCUT2D eigenvalue weighted by atomic mass is 9.95. The summed E-state index contributed by atoms with van der Waals surface area (Å²) in [4.78, 5) is 0. The number of hydrogen-bond acceptors (Lipinski definition) is 1. The summed E-state index contributed by atoms with van der Waals surface area (Å²) in [7, 11) is 2.04. The van der Waals surface area contributed by atoms with Crippen LogP contribution in [0.3, 0.4) is 0 Å². The first-order valence-corrected chi connectivity index (χ1v) is 5.43. The minimum Gasteiger partial charge on any atom is -0.311 e. The second-order valence-corrected chi connectivity index (χ2v) is 4.80. The van der Waals surface area contributed by atoms with Crippen molar-refractivity contribution in [1.82, 2.24) is 5.32 Å². The second-order valence-electron chi connectivity index (χ2n) is 3.88. The van der Waals surface area contributed by atoms with Crippen LogP contribution < -0.4 is 5.32 Å². The molecule has 1 aliphatic rings. The summed E-state index contributed by atoms with van der Waals surface area (Å²) in [6.45, 7) is 2.27. The van der Waals surface area contributed by atoms with Crippen LogP contribution in [0.2, 0.25) is 0 Å². The average Bonchev–Trinajstić information content (AvgIpc) is 2.45. The summed E-state index contributed by atoms with van der Waals surface area (Å²) < 4.78 is 1.19. The van der Waals surface area contributed by atoms with Crippen molar-refractivity contribution < 1.29 is 0 Å². The van der Waals surface area contributed by atoms with E-state index in [1.807, 2.05) is 7.05 Å². The molecule has 1 N–H and O–H groups in total. The van der Waals surface area contributed by atoms with Gasteiger partial charge in [-0.3, -0.25) is 0 Å². The Hall–Kier alpha value is -0.340. The Morgan fingerprint density at radius 3 is 2.92 bits per heavy atom. The van der Waals surface area contributed by atoms with Crippen LogP contribution in [0.5, 0.6) is 0 Å². The van der Waals surface area contributed by atoms with Gasteiger partial charge in [-0.05, 0) is 50.1 Å². The zero-order valence-corrected chi connectivity index (χ0v) is 9.61. The third-order valence-corrected chi connectivity index (χ3v) is 3.60. The number of nitrogens with one attached hydrogen (secondary N) is 1. The molecular weight excluding hydrogens is 226 g/mol. The smallest absolute Gasteiger partial charge is 0.0409 e. The largest absolute Gasteiger partial charge is 0.311 e. The van der Waals surface area contributed by atoms with E-state index in [0.29, 0.717) is 0 Å². The zero-order valence-electron chi connectivity index (χ0n) is 8.02. The van der Waals surface area contributed by atoms with Crippen LogP contribution >= 0.6 is 15.9 Å². The molecule has 0 saturated carbocycles. The van der Waals surface area contributed by atoms with Crippen molar-refractivity contribution in [2.75, 3.05) is 7.05 Å². The highest BCUT2D eigenvalue weighted by molar-refractivity contribution is 9.10. The molecule has 0 aromatic heterocycles. The van der Waals surface area contributed by atoms with Crippen molar-refractivity contribution in [3.8, 4) is 0 Å². The van der Waals surface area contributed by atoms with Crippen LogP contribution in [0.1, 0.15) is 24.5 Å². The molecule has 2 heteroatoms. The van der Waals surface area contributed by atoms with Crippen molar-refractivity contribution in [3.05, 3.63) is 33.8 Å². The van der Waals surface area contributed by atoms with Gasteiger partial charge >= 0.3 is 0 Å². The SMILES string of the molecule is CNC1(C)CCc2cc(Br)ccc21. The van der Waals surface area contributed by atoms with Gasteiger partial charge in [0.05, 0.1) is 0 Å². The first kappa shape index (κ1) is 9.22. The molecule has 1 unspecified atom stereocenters. The van der Waals surface area contributed by atoms with E-state index in [1.54, 1.807) is 0 Å². The molecule has 1 atom stereocenters. The van der Waals surface area contributed by atoms with Crippen LogP contribution in [0, 0.1) is 0 Å². The van der Waals surface area contributed by atoms with Gasteiger partial charge in [-0.2, -0.15) is 0 Å². The average molecular weight is 240 g/mol. The predicted molar refractivity (Wildman–Crippen MR) is 58.9 cm³/mol. The molecule has 0 fully saturated rings. The van der Waals surface area contributed by atoms with Crippen molar-refractivity contribution in [2.24, 2.45) is 0 Å². The van der Waals surface area contributed by atoms with Crippen LogP contribution in [-0.4, -0.2) is 7.05 Å². The molecule has 1 aromatic carbocycles. The van der Waals surface area contributed by atoms with Gasteiger partial charge in [0.15, 0.2) is 0 Å². The van der Waals surface area contributed by atoms with Gasteiger partial charge < -0.3 is 5.32 Å². The number of halogens is 1. The van der Waals surface area contributed by atoms with E-state index in [4.69, 9.17) is 0 Å². The number of benzene rings is 1. The first-order chi connectivity index (χ1) is 6.15. The van der Waals surface area contributed by atoms with Crippen LogP contribution in [-0.2, 0) is 12.0 Å². The molecule has 0 radical (unpaired) electrons. The first-order valence-electron chi connectivity index (χ1n) is 4.63. The van der Waals surface area contributed by atoms with E-state index in [-0.39, 0.29) is 5.54 Å². The lowest BCUT2D eigenvalue weighted by molar-refractivity contribution is 0.399. The second kappa shape index (κ2) is 3.10. The number of fused-ring (bicyclic) bond motifs is 1. The topological polar surface area (TPSA) is 12.0 Å². The van der Waals surface area contributed by atoms with Gasteiger partial charge in [-0.15, -0.1) is 0 Å². The molecule has 0 amide bonds. The molecule has 2 rings (SSSR count). The summed E-state index contributed by atoms with van der Waals surface area (Å²) in [5, 5.41) is 3.40. The van der Waals surface area contributed by atoms with E-state index in [9.17, 15) is 0 Å². The van der Waals surface area contributed by atoms with Crippen LogP contribution in [0.4, 0.5) is 0 Å². The van der Waals surface area contributed by atoms with Gasteiger partial charge in [0.2, 0.25) is 0 Å². The molecule has 0 saturated heterocycles. The predicted octanol–water partition coefficient (Wildman–Crippen LogP) is 2.83. The number of rotatable bonds is 1. The minimum absolute atomic E-state index is 0.191. The Kier molecular flexibility index (Phi) is 2.20. The Morgan fingerprint density at radius 1 is 1.46 bits per heavy atom. The highest BCUT2D eigenvalue weighted by atomic mass is 79.9. The fourth-order valence-electron chi connectivity index (χ4n) is 2.09. The highest BCUT2D eigenvalue weighted by Gasteiger charge is 2.32. The monoisotopic (exact) mass is 239 g/mol. The minimum atomic E-state index is 0.191. The molecular formula is C11H14BrN. The summed E-state index contributed by atoms with van der Waals surface area (Å²) in [5.74, 6) is 0. The molecule has 0 spiro atoms. The molecule has 0 aliphatic heterocycles. The molecule has 0 heterocycles. The third-order valence-electron chi connectivity index (χ3n) is 3.11. The summed E-state index contributed by atoms with van der Waals surface area (Å²) >= 11 is 3.50. The van der Waals surface area contributed by atoms with Gasteiger partial charge in [0.1, 0.15) is 0 Å². The van der Waals surface area contributed by atoms with E-state index in [1.165, 1.54) is 28.4 Å². The van der Waals surface area contributed by atoms with Crippen molar-refractivity contribution in [3.63, 3.8) is 0 Å². The Morgan fingerprint density at radius 2 is 2.23 bits per heavy atom. The van der Waals surface area contributed by atoms with Gasteiger partial charge in [0.25, 0.3) is 0 Å². The van der Waals surface area contributed by atoms with E-state index < -0.39 is 0 Å². The third kappa shape index (κ3) is 1.42. The molecule has 13 heavy (non-hydrogen) atoms. The maximum Gasteiger partial charge on any atom is 0.0409 e. The molecule has 1 nitrogen and oxygen atoms in total. The lowest BCUT2D eigenvalue weighted by Crippen LogP contribution is -2.34. The lowest BCUT2D eigenvalue weighted by Gasteiger charge is -2.24. The normalized spacial score (nSPS) is 26.1. The summed E-state index contributed by atoms with van der Waals surface area (Å²) in [6.07, 6.45) is 2.39. The van der Waals surface area contributed by atoms with Gasteiger partial charge in [-0.25, -0.2) is 0 Å². The number of hydrogen-bond donors (Lipinski definition) is 1. The highest BCUT2D eigenvalue weighted by Crippen LogP contribution is 2.37. The van der Waals surface area contributed by atoms with E-state index in [2.05, 4.69) is 46.4 Å². The van der Waals surface area contributed by atoms with Gasteiger partial charge in [-0.1, -0.05) is 22.0 Å². The maximum absolute atomic E-state index is 3.50. The zero-order chi connectivity index (χ0) is 9.47. The molecule has 1 aromatic rings. The fraction of sp³-hybridized carbons (Fsp3) is 0.455. The Bertz CT molecular complexity index is 335. The van der Waals surface area contributed by atoms with Crippen LogP contribution in [0.15, 0.2) is 22.7 Å². The van der Waals surface area contributed by atoms with Crippen molar-refractivity contribution >= 4 is 15.9 Å². The molecule has 1 aliphatic carbocycles. The Balaban J connectivity index is 2.49. The molecule has 70 valence electrons. The summed E-state index contributed by atoms with van der Waals surface area (Å²) in [5.41, 5.74) is 3.13. The van der Waals surface area contributed by atoms with E-state index >= 15 is 0 Å². The Labute approximate surface area is 87.7 Å². The quantitative estimate of drug-likeness (QED) is 0.795. The van der Waals surface area contributed by atoms with Crippen molar-refractivity contribution in [2.45, 2.75) is 25.3 Å². The van der Waals surface area contributed by atoms with Crippen molar-refractivity contribution in [1.29, 1.82) is 0 Å². The van der Waals surface area contributed by atoms with E-state index in [0.717, 1.165) is 0 Å². The number of aryl methyl sites for hydroxylation is 1. The fourth-order valence-corrected chi connectivity index (χ4v) is 2.49. The molecule has 0 bridgehead atoms. The van der Waals surface area contributed by atoms with Crippen LogP contribution in [0.25, 0.3) is 0 Å². The summed E-state index contributed by atoms with van der Waals surface area (Å²) in [6, 6.07) is 6.58. The standard InChI is InChI=1S/C11H14BrN/c1-11(13-2)6-5-8-7-9(12)3-4-10(8)11/h3-4,7,13H,5-6H2,1-2H3. The van der Waals surface area contributed by atoms with Gasteiger partial charge in [0, 0.05) is 10.0 Å².